The first kappa shape index (κ1) is 13.1. The number of nitrogens with zero attached hydrogens (tertiary/aromatic N) is 1. The number of hydrogen-bond donors (Lipinski definition) is 1. The van der Waals surface area contributed by atoms with Crippen molar-refractivity contribution in [1.82, 2.24) is 10.2 Å². The van der Waals surface area contributed by atoms with E-state index < -0.39 is 0 Å². The van der Waals surface area contributed by atoms with Crippen molar-refractivity contribution in [2.75, 3.05) is 27.2 Å². The number of furan rings is 1. The molecule has 0 aromatic carbocycles. The van der Waals surface area contributed by atoms with E-state index in [1.807, 2.05) is 0 Å². The van der Waals surface area contributed by atoms with Crippen molar-refractivity contribution in [3.8, 4) is 0 Å². The van der Waals surface area contributed by atoms with Crippen LogP contribution >= 0.6 is 0 Å². The third kappa shape index (κ3) is 3.11. The summed E-state index contributed by atoms with van der Waals surface area (Å²) in [6.07, 6.45) is 3.95. The molecule has 1 aromatic rings. The van der Waals surface area contributed by atoms with Gasteiger partial charge in [0, 0.05) is 12.6 Å². The largest absolute Gasteiger partial charge is 0.467 e. The van der Waals surface area contributed by atoms with Crippen LogP contribution in [-0.4, -0.2) is 44.2 Å². The van der Waals surface area contributed by atoms with Gasteiger partial charge in [-0.25, -0.2) is 4.79 Å². The lowest BCUT2D eigenvalue weighted by Crippen LogP contribution is -2.35. The minimum Gasteiger partial charge on any atom is -0.467 e. The zero-order valence-electron chi connectivity index (χ0n) is 10.9. The Kier molecular flexibility index (Phi) is 4.38. The molecule has 1 N–H and O–H groups in total. The normalized spacial score (nSPS) is 20.2. The SMILES string of the molecule is COC(=O)c1coc(CNCC2CCCN2C)c1. The smallest absolute Gasteiger partial charge is 0.341 e. The monoisotopic (exact) mass is 252 g/mol. The first-order chi connectivity index (χ1) is 8.70. The summed E-state index contributed by atoms with van der Waals surface area (Å²) in [6, 6.07) is 2.33. The van der Waals surface area contributed by atoms with Crippen LogP contribution in [0.25, 0.3) is 0 Å². The van der Waals surface area contributed by atoms with Crippen LogP contribution in [-0.2, 0) is 11.3 Å². The summed E-state index contributed by atoms with van der Waals surface area (Å²) in [4.78, 5) is 13.6. The van der Waals surface area contributed by atoms with Crippen LogP contribution in [0.15, 0.2) is 16.7 Å². The van der Waals surface area contributed by atoms with E-state index in [9.17, 15) is 4.79 Å². The molecular formula is C13H20N2O3. The number of ether oxygens (including phenoxy) is 1. The predicted molar refractivity (Wildman–Crippen MR) is 67.4 cm³/mol. The molecule has 0 radical (unpaired) electrons. The first-order valence-corrected chi connectivity index (χ1v) is 6.27. The van der Waals surface area contributed by atoms with Gasteiger partial charge in [-0.2, -0.15) is 0 Å². The molecule has 1 saturated heterocycles. The van der Waals surface area contributed by atoms with Crippen LogP contribution in [0.5, 0.6) is 0 Å². The lowest BCUT2D eigenvalue weighted by molar-refractivity contribution is 0.0600. The molecule has 0 amide bonds. The third-order valence-corrected chi connectivity index (χ3v) is 3.43. The maximum atomic E-state index is 11.2. The predicted octanol–water partition coefficient (Wildman–Crippen LogP) is 1.25. The van der Waals surface area contributed by atoms with Crippen molar-refractivity contribution in [3.63, 3.8) is 0 Å². The molecule has 0 bridgehead atoms. The molecule has 1 fully saturated rings. The highest BCUT2D eigenvalue weighted by Crippen LogP contribution is 2.14. The van der Waals surface area contributed by atoms with Crippen LogP contribution in [0.3, 0.4) is 0 Å². The lowest BCUT2D eigenvalue weighted by atomic mass is 10.2. The number of rotatable bonds is 5. The Morgan fingerprint density at radius 2 is 2.50 bits per heavy atom. The Morgan fingerprint density at radius 1 is 1.67 bits per heavy atom. The number of nitrogens with one attached hydrogen (secondary N) is 1. The van der Waals surface area contributed by atoms with E-state index >= 15 is 0 Å². The van der Waals surface area contributed by atoms with Gasteiger partial charge >= 0.3 is 5.97 Å². The minimum absolute atomic E-state index is 0.361. The number of methoxy groups -OCH3 is 1. The van der Waals surface area contributed by atoms with Gasteiger partial charge in [-0.1, -0.05) is 0 Å². The second-order valence-electron chi connectivity index (χ2n) is 4.70. The number of carbonyl (C=O) groups excluding carboxylic acids is 1. The zero-order chi connectivity index (χ0) is 13.0. The molecule has 1 atom stereocenters. The maximum Gasteiger partial charge on any atom is 0.341 e. The van der Waals surface area contributed by atoms with Crippen molar-refractivity contribution in [2.45, 2.75) is 25.4 Å². The fourth-order valence-electron chi connectivity index (χ4n) is 2.30. The van der Waals surface area contributed by atoms with Gasteiger partial charge in [-0.05, 0) is 32.5 Å². The Hall–Kier alpha value is -1.33. The van der Waals surface area contributed by atoms with Gasteiger partial charge < -0.3 is 19.4 Å². The van der Waals surface area contributed by atoms with Gasteiger partial charge in [0.05, 0.1) is 19.2 Å². The highest BCUT2D eigenvalue weighted by Gasteiger charge is 2.20. The highest BCUT2D eigenvalue weighted by molar-refractivity contribution is 5.88. The van der Waals surface area contributed by atoms with Crippen LogP contribution in [0, 0.1) is 0 Å². The summed E-state index contributed by atoms with van der Waals surface area (Å²) in [5, 5.41) is 3.36. The Balaban J connectivity index is 1.76. The average Bonchev–Trinajstić information content (AvgIpc) is 2.99. The van der Waals surface area contributed by atoms with E-state index in [0.717, 1.165) is 12.3 Å². The number of hydrogen-bond acceptors (Lipinski definition) is 5. The summed E-state index contributed by atoms with van der Waals surface area (Å²) < 4.78 is 9.93. The van der Waals surface area contributed by atoms with Crippen molar-refractivity contribution >= 4 is 5.97 Å². The fourth-order valence-corrected chi connectivity index (χ4v) is 2.30. The summed E-state index contributed by atoms with van der Waals surface area (Å²) in [5.74, 6) is 0.400. The van der Waals surface area contributed by atoms with E-state index in [4.69, 9.17) is 4.42 Å². The van der Waals surface area contributed by atoms with Crippen LogP contribution in [0.4, 0.5) is 0 Å². The van der Waals surface area contributed by atoms with Gasteiger partial charge in [0.25, 0.3) is 0 Å². The highest BCUT2D eigenvalue weighted by atomic mass is 16.5. The molecule has 1 aliphatic rings. The molecular weight excluding hydrogens is 232 g/mol. The van der Waals surface area contributed by atoms with E-state index in [2.05, 4.69) is 22.0 Å². The molecule has 1 aliphatic heterocycles. The standard InChI is InChI=1S/C13H20N2O3/c1-15-5-3-4-11(15)7-14-8-12-6-10(9-18-12)13(16)17-2/h6,9,11,14H,3-5,7-8H2,1-2H3. The van der Waals surface area contributed by atoms with Gasteiger partial charge in [-0.15, -0.1) is 0 Å². The molecule has 0 spiro atoms. The molecule has 2 rings (SSSR count). The molecule has 0 aliphatic carbocycles. The quantitative estimate of drug-likeness (QED) is 0.799. The number of carbonyl (C=O) groups is 1. The van der Waals surface area contributed by atoms with Crippen LogP contribution < -0.4 is 5.32 Å². The zero-order valence-corrected chi connectivity index (χ0v) is 10.9. The Morgan fingerprint density at radius 3 is 3.17 bits per heavy atom. The summed E-state index contributed by atoms with van der Waals surface area (Å²) in [5.41, 5.74) is 0.465. The molecule has 18 heavy (non-hydrogen) atoms. The second kappa shape index (κ2) is 6.02. The summed E-state index contributed by atoms with van der Waals surface area (Å²) >= 11 is 0. The van der Waals surface area contributed by atoms with E-state index in [-0.39, 0.29) is 5.97 Å². The van der Waals surface area contributed by atoms with Crippen molar-refractivity contribution in [3.05, 3.63) is 23.7 Å². The molecule has 0 saturated carbocycles. The fraction of sp³-hybridized carbons (Fsp3) is 0.615. The molecule has 5 heteroatoms. The molecule has 1 unspecified atom stereocenters. The van der Waals surface area contributed by atoms with Gasteiger partial charge in [-0.3, -0.25) is 0 Å². The Labute approximate surface area is 107 Å². The van der Waals surface area contributed by atoms with Crippen molar-refractivity contribution in [2.24, 2.45) is 0 Å². The van der Waals surface area contributed by atoms with E-state index in [0.29, 0.717) is 18.2 Å². The molecule has 1 aromatic heterocycles. The number of likely N-dealkylation sites (N-methyl/N-ethyl adjacent to an activating group) is 1. The Bertz CT molecular complexity index is 403. The van der Waals surface area contributed by atoms with E-state index in [1.54, 1.807) is 6.07 Å². The summed E-state index contributed by atoms with van der Waals surface area (Å²) in [6.45, 7) is 2.77. The molecule has 100 valence electrons. The second-order valence-corrected chi connectivity index (χ2v) is 4.70. The minimum atomic E-state index is -0.361. The molecule has 5 nitrogen and oxygen atoms in total. The number of likely N-dealkylation sites (tertiary alicyclic amines) is 1. The summed E-state index contributed by atoms with van der Waals surface area (Å²) in [7, 11) is 3.52. The first-order valence-electron chi connectivity index (χ1n) is 6.27. The van der Waals surface area contributed by atoms with Gasteiger partial charge in [0.1, 0.15) is 12.0 Å². The van der Waals surface area contributed by atoms with Crippen molar-refractivity contribution < 1.29 is 13.9 Å². The van der Waals surface area contributed by atoms with Crippen LogP contribution in [0.2, 0.25) is 0 Å². The van der Waals surface area contributed by atoms with Gasteiger partial charge in [0.15, 0.2) is 0 Å². The van der Waals surface area contributed by atoms with Crippen molar-refractivity contribution in [1.29, 1.82) is 0 Å². The average molecular weight is 252 g/mol. The maximum absolute atomic E-state index is 11.2. The lowest BCUT2D eigenvalue weighted by Gasteiger charge is -2.19. The van der Waals surface area contributed by atoms with E-state index in [1.165, 1.54) is 32.8 Å². The topological polar surface area (TPSA) is 54.7 Å². The third-order valence-electron chi connectivity index (χ3n) is 3.43. The van der Waals surface area contributed by atoms with Crippen LogP contribution in [0.1, 0.15) is 29.0 Å². The van der Waals surface area contributed by atoms with Gasteiger partial charge in [0.2, 0.25) is 0 Å². The number of esters is 1. The molecule has 2 heterocycles.